The maximum Gasteiger partial charge on any atom is 0.146 e. The number of likely N-dealkylation sites (N-methyl/N-ethyl adjacent to an activating group) is 1. The molecule has 1 atom stereocenters. The quantitative estimate of drug-likeness (QED) is 0.764. The molecular formula is C10H16N4. The van der Waals surface area contributed by atoms with Crippen molar-refractivity contribution in [3.63, 3.8) is 0 Å². The summed E-state index contributed by atoms with van der Waals surface area (Å²) in [6.45, 7) is 2.16. The lowest BCUT2D eigenvalue weighted by Crippen LogP contribution is -2.35. The molecule has 1 aromatic rings. The number of nitrogens with one attached hydrogen (secondary N) is 1. The van der Waals surface area contributed by atoms with E-state index in [2.05, 4.69) is 27.2 Å². The predicted octanol–water partition coefficient (Wildman–Crippen LogP) is 0.665. The third-order valence-electron chi connectivity index (χ3n) is 2.60. The predicted molar refractivity (Wildman–Crippen MR) is 56.3 cm³/mol. The van der Waals surface area contributed by atoms with Crippen LogP contribution < -0.4 is 10.2 Å². The van der Waals surface area contributed by atoms with Crippen molar-refractivity contribution in [3.05, 3.63) is 18.6 Å². The molecule has 0 aliphatic carbocycles. The SMILES string of the molecule is CN(C[C@@H]1CCCN1)c1cnccn1. The lowest BCUT2D eigenvalue weighted by molar-refractivity contribution is 0.597. The highest BCUT2D eigenvalue weighted by molar-refractivity contribution is 5.33. The molecule has 76 valence electrons. The first-order valence-electron chi connectivity index (χ1n) is 5.07. The summed E-state index contributed by atoms with van der Waals surface area (Å²) in [6, 6.07) is 0.613. The minimum atomic E-state index is 0.613. The van der Waals surface area contributed by atoms with Crippen LogP contribution >= 0.6 is 0 Å². The van der Waals surface area contributed by atoms with Crippen molar-refractivity contribution in [3.8, 4) is 0 Å². The summed E-state index contributed by atoms with van der Waals surface area (Å²) in [7, 11) is 2.06. The Kier molecular flexibility index (Phi) is 2.93. The first kappa shape index (κ1) is 9.40. The second kappa shape index (κ2) is 4.37. The van der Waals surface area contributed by atoms with Crippen LogP contribution in [-0.4, -0.2) is 36.1 Å². The molecule has 0 amide bonds. The van der Waals surface area contributed by atoms with Gasteiger partial charge in [0.1, 0.15) is 5.82 Å². The minimum Gasteiger partial charge on any atom is -0.357 e. The smallest absolute Gasteiger partial charge is 0.146 e. The number of hydrogen-bond acceptors (Lipinski definition) is 4. The lowest BCUT2D eigenvalue weighted by atomic mass is 10.2. The molecule has 14 heavy (non-hydrogen) atoms. The van der Waals surface area contributed by atoms with Crippen molar-refractivity contribution in [2.75, 3.05) is 25.0 Å². The Morgan fingerprint density at radius 1 is 1.57 bits per heavy atom. The molecule has 0 saturated carbocycles. The summed E-state index contributed by atoms with van der Waals surface area (Å²) >= 11 is 0. The molecule has 1 aliphatic heterocycles. The van der Waals surface area contributed by atoms with Crippen LogP contribution in [0.5, 0.6) is 0 Å². The minimum absolute atomic E-state index is 0.613. The molecule has 0 unspecified atom stereocenters. The molecule has 1 saturated heterocycles. The van der Waals surface area contributed by atoms with Gasteiger partial charge in [-0.1, -0.05) is 0 Å². The normalized spacial score (nSPS) is 21.1. The van der Waals surface area contributed by atoms with Crippen LogP contribution in [-0.2, 0) is 0 Å². The molecule has 2 heterocycles. The highest BCUT2D eigenvalue weighted by Crippen LogP contribution is 2.10. The summed E-state index contributed by atoms with van der Waals surface area (Å²) in [5.41, 5.74) is 0. The van der Waals surface area contributed by atoms with Crippen molar-refractivity contribution in [1.29, 1.82) is 0 Å². The molecule has 1 fully saturated rings. The highest BCUT2D eigenvalue weighted by Gasteiger charge is 2.16. The maximum absolute atomic E-state index is 4.26. The summed E-state index contributed by atoms with van der Waals surface area (Å²) < 4.78 is 0. The molecular weight excluding hydrogens is 176 g/mol. The number of hydrogen-bond donors (Lipinski definition) is 1. The summed E-state index contributed by atoms with van der Waals surface area (Å²) in [6.07, 6.45) is 7.79. The van der Waals surface area contributed by atoms with E-state index in [0.29, 0.717) is 6.04 Å². The van der Waals surface area contributed by atoms with Gasteiger partial charge < -0.3 is 10.2 Å². The first-order valence-corrected chi connectivity index (χ1v) is 5.07. The summed E-state index contributed by atoms with van der Waals surface area (Å²) in [5, 5.41) is 3.47. The summed E-state index contributed by atoms with van der Waals surface area (Å²) in [5.74, 6) is 0.946. The van der Waals surface area contributed by atoms with Gasteiger partial charge in [-0.2, -0.15) is 0 Å². The molecule has 1 N–H and O–H groups in total. The monoisotopic (exact) mass is 192 g/mol. The number of rotatable bonds is 3. The second-order valence-electron chi connectivity index (χ2n) is 3.74. The van der Waals surface area contributed by atoms with Gasteiger partial charge in [0.15, 0.2) is 0 Å². The van der Waals surface area contributed by atoms with Crippen molar-refractivity contribution < 1.29 is 0 Å². The zero-order valence-corrected chi connectivity index (χ0v) is 8.48. The van der Waals surface area contributed by atoms with Gasteiger partial charge in [0.05, 0.1) is 6.20 Å². The van der Waals surface area contributed by atoms with E-state index < -0.39 is 0 Å². The van der Waals surface area contributed by atoms with Crippen molar-refractivity contribution in [1.82, 2.24) is 15.3 Å². The molecule has 0 radical (unpaired) electrons. The Morgan fingerprint density at radius 2 is 2.50 bits per heavy atom. The van der Waals surface area contributed by atoms with E-state index in [1.54, 1.807) is 18.6 Å². The van der Waals surface area contributed by atoms with Crippen LogP contribution in [0.4, 0.5) is 5.82 Å². The van der Waals surface area contributed by atoms with Crippen LogP contribution in [0.2, 0.25) is 0 Å². The molecule has 1 aromatic heterocycles. The van der Waals surface area contributed by atoms with E-state index in [-0.39, 0.29) is 0 Å². The van der Waals surface area contributed by atoms with E-state index in [1.165, 1.54) is 12.8 Å². The Morgan fingerprint density at radius 3 is 3.14 bits per heavy atom. The van der Waals surface area contributed by atoms with Crippen LogP contribution in [0.25, 0.3) is 0 Å². The molecule has 1 aliphatic rings. The van der Waals surface area contributed by atoms with Gasteiger partial charge >= 0.3 is 0 Å². The fourth-order valence-electron chi connectivity index (χ4n) is 1.82. The van der Waals surface area contributed by atoms with Gasteiger partial charge in [0.25, 0.3) is 0 Å². The fraction of sp³-hybridized carbons (Fsp3) is 0.600. The zero-order chi connectivity index (χ0) is 9.80. The van der Waals surface area contributed by atoms with Gasteiger partial charge in [-0.05, 0) is 19.4 Å². The van der Waals surface area contributed by atoms with Crippen molar-refractivity contribution >= 4 is 5.82 Å². The van der Waals surface area contributed by atoms with E-state index >= 15 is 0 Å². The lowest BCUT2D eigenvalue weighted by Gasteiger charge is -2.21. The maximum atomic E-state index is 4.26. The Labute approximate surface area is 84.4 Å². The molecule has 2 rings (SSSR count). The molecule has 4 heteroatoms. The highest BCUT2D eigenvalue weighted by atomic mass is 15.2. The van der Waals surface area contributed by atoms with Crippen LogP contribution in [0.1, 0.15) is 12.8 Å². The van der Waals surface area contributed by atoms with E-state index in [4.69, 9.17) is 0 Å². The van der Waals surface area contributed by atoms with Gasteiger partial charge in [0, 0.05) is 32.0 Å². The van der Waals surface area contributed by atoms with Gasteiger partial charge in [-0.25, -0.2) is 4.98 Å². The third kappa shape index (κ3) is 2.20. The van der Waals surface area contributed by atoms with Crippen LogP contribution in [0.15, 0.2) is 18.6 Å². The van der Waals surface area contributed by atoms with E-state index in [1.807, 2.05) is 0 Å². The first-order chi connectivity index (χ1) is 6.86. The topological polar surface area (TPSA) is 41.0 Å². The molecule has 0 bridgehead atoms. The number of nitrogens with zero attached hydrogens (tertiary/aromatic N) is 3. The zero-order valence-electron chi connectivity index (χ0n) is 8.48. The number of anilines is 1. The fourth-order valence-corrected chi connectivity index (χ4v) is 1.82. The second-order valence-corrected chi connectivity index (χ2v) is 3.74. The third-order valence-corrected chi connectivity index (χ3v) is 2.60. The van der Waals surface area contributed by atoms with Crippen LogP contribution in [0, 0.1) is 0 Å². The van der Waals surface area contributed by atoms with Gasteiger partial charge in [-0.3, -0.25) is 4.98 Å². The Bertz CT molecular complexity index is 269. The number of aromatic nitrogens is 2. The average Bonchev–Trinajstić information content (AvgIpc) is 2.72. The van der Waals surface area contributed by atoms with Crippen molar-refractivity contribution in [2.24, 2.45) is 0 Å². The summed E-state index contributed by atoms with van der Waals surface area (Å²) in [4.78, 5) is 10.5. The van der Waals surface area contributed by atoms with Crippen molar-refractivity contribution in [2.45, 2.75) is 18.9 Å². The van der Waals surface area contributed by atoms with E-state index in [9.17, 15) is 0 Å². The van der Waals surface area contributed by atoms with E-state index in [0.717, 1.165) is 18.9 Å². The standard InChI is InChI=1S/C10H16N4/c1-14(8-9-3-2-4-12-9)10-7-11-5-6-13-10/h5-7,9,12H,2-4,8H2,1H3/t9-/m0/s1. The molecule has 0 aromatic carbocycles. The van der Waals surface area contributed by atoms with Crippen LogP contribution in [0.3, 0.4) is 0 Å². The Hall–Kier alpha value is -1.16. The Balaban J connectivity index is 1.92. The van der Waals surface area contributed by atoms with Gasteiger partial charge in [-0.15, -0.1) is 0 Å². The van der Waals surface area contributed by atoms with Gasteiger partial charge in [0.2, 0.25) is 0 Å². The molecule has 4 nitrogen and oxygen atoms in total. The average molecular weight is 192 g/mol. The molecule has 0 spiro atoms. The largest absolute Gasteiger partial charge is 0.357 e.